The second-order valence-electron chi connectivity index (χ2n) is 6.74. The average molecular weight is 457 g/mol. The van der Waals surface area contributed by atoms with Gasteiger partial charge < -0.3 is 15.1 Å². The number of carbonyl (C=O) groups is 2. The Kier molecular flexibility index (Phi) is 9.94. The normalized spacial score (nSPS) is 12.0. The van der Waals surface area contributed by atoms with Crippen molar-refractivity contribution in [1.82, 2.24) is 9.62 Å². The molecule has 0 saturated heterocycles. The first-order valence-corrected chi connectivity index (χ1v) is 10.7. The zero-order valence-corrected chi connectivity index (χ0v) is 18.4. The molecular weight excluding hydrogens is 432 g/mol. The van der Waals surface area contributed by atoms with Crippen LogP contribution in [0.15, 0.2) is 53.4 Å². The maximum absolute atomic E-state index is 12.7. The third-order valence-electron chi connectivity index (χ3n) is 3.95. The molecule has 2 aromatic carbocycles. The van der Waals surface area contributed by atoms with E-state index in [1.165, 1.54) is 0 Å². The molecule has 0 aliphatic heterocycles. The van der Waals surface area contributed by atoms with E-state index in [9.17, 15) is 8.42 Å². The zero-order valence-electron chi connectivity index (χ0n) is 16.9. The number of hydrogen-bond donors (Lipinski definition) is 3. The second kappa shape index (κ2) is 11.7. The molecule has 0 amide bonds. The first kappa shape index (κ1) is 25.6. The number of aliphatic carboxylic acids is 2. The van der Waals surface area contributed by atoms with Gasteiger partial charge >= 0.3 is 11.9 Å². The Labute approximate surface area is 181 Å². The molecule has 0 aliphatic rings. The van der Waals surface area contributed by atoms with Gasteiger partial charge in [0.15, 0.2) is 0 Å². The molecule has 0 radical (unpaired) electrons. The number of carboxylic acid groups (broad SMARTS) is 2. The smallest absolute Gasteiger partial charge is 0.414 e. The van der Waals surface area contributed by atoms with Crippen LogP contribution >= 0.6 is 11.6 Å². The number of nitrogens with one attached hydrogen (secondary N) is 1. The molecule has 2 aromatic rings. The van der Waals surface area contributed by atoms with Crippen LogP contribution in [-0.4, -0.2) is 56.1 Å². The van der Waals surface area contributed by atoms with Crippen LogP contribution in [0.3, 0.4) is 0 Å². The third kappa shape index (κ3) is 8.91. The second-order valence-corrected chi connectivity index (χ2v) is 8.89. The summed E-state index contributed by atoms with van der Waals surface area (Å²) in [6, 6.07) is 13.8. The largest absolute Gasteiger partial charge is 0.473 e. The van der Waals surface area contributed by atoms with Crippen LogP contribution in [0.5, 0.6) is 0 Å². The summed E-state index contributed by atoms with van der Waals surface area (Å²) >= 11 is 5.94. The van der Waals surface area contributed by atoms with Crippen molar-refractivity contribution in [3.63, 3.8) is 0 Å². The quantitative estimate of drug-likeness (QED) is 0.547. The van der Waals surface area contributed by atoms with E-state index in [1.807, 2.05) is 38.1 Å². The number of sulfonamides is 1. The molecule has 1 unspecified atom stereocenters. The fourth-order valence-electron chi connectivity index (χ4n) is 2.35. The lowest BCUT2D eigenvalue weighted by Gasteiger charge is -2.21. The molecule has 0 aliphatic carbocycles. The Morgan fingerprint density at radius 3 is 1.93 bits per heavy atom. The lowest BCUT2D eigenvalue weighted by molar-refractivity contribution is -0.159. The summed E-state index contributed by atoms with van der Waals surface area (Å²) in [5.74, 6) is -3.65. The molecule has 8 nitrogen and oxygen atoms in total. The average Bonchev–Trinajstić information content (AvgIpc) is 2.66. The van der Waals surface area contributed by atoms with E-state index < -0.39 is 22.0 Å². The summed E-state index contributed by atoms with van der Waals surface area (Å²) in [6.07, 6.45) is 0.666. The molecule has 0 spiro atoms. The van der Waals surface area contributed by atoms with Crippen molar-refractivity contribution in [2.24, 2.45) is 0 Å². The molecule has 1 atom stereocenters. The highest BCUT2D eigenvalue weighted by atomic mass is 35.5. The minimum absolute atomic E-state index is 0.275. The Hall–Kier alpha value is -2.46. The SMILES string of the molecule is Cc1ccc(S(=O)(=O)NC(CCN(C)C)c2ccc(Cl)cc2)cc1.O=C(O)C(=O)O. The number of carboxylic acids is 2. The molecule has 0 fully saturated rings. The molecule has 164 valence electrons. The van der Waals surface area contributed by atoms with Gasteiger partial charge in [-0.05, 0) is 63.8 Å². The van der Waals surface area contributed by atoms with Crippen LogP contribution in [0, 0.1) is 6.92 Å². The Morgan fingerprint density at radius 2 is 1.50 bits per heavy atom. The van der Waals surface area contributed by atoms with Crippen LogP contribution in [-0.2, 0) is 19.6 Å². The van der Waals surface area contributed by atoms with Gasteiger partial charge in [-0.3, -0.25) is 0 Å². The highest BCUT2D eigenvalue weighted by molar-refractivity contribution is 7.89. The van der Waals surface area contributed by atoms with Gasteiger partial charge in [0.25, 0.3) is 0 Å². The van der Waals surface area contributed by atoms with Gasteiger partial charge in [0.1, 0.15) is 0 Å². The monoisotopic (exact) mass is 456 g/mol. The predicted molar refractivity (Wildman–Crippen MR) is 114 cm³/mol. The van der Waals surface area contributed by atoms with E-state index in [4.69, 9.17) is 31.4 Å². The first-order valence-electron chi connectivity index (χ1n) is 8.88. The predicted octanol–water partition coefficient (Wildman–Crippen LogP) is 2.78. The van der Waals surface area contributed by atoms with E-state index in [2.05, 4.69) is 4.72 Å². The van der Waals surface area contributed by atoms with Gasteiger partial charge in [0.05, 0.1) is 4.90 Å². The van der Waals surface area contributed by atoms with Crippen LogP contribution in [0.1, 0.15) is 23.6 Å². The highest BCUT2D eigenvalue weighted by Crippen LogP contribution is 2.22. The molecular formula is C20H25ClN2O6S. The van der Waals surface area contributed by atoms with E-state index >= 15 is 0 Å². The number of aryl methyl sites for hydroxylation is 1. The summed E-state index contributed by atoms with van der Waals surface area (Å²) in [5, 5.41) is 15.4. The molecule has 3 N–H and O–H groups in total. The lowest BCUT2D eigenvalue weighted by Crippen LogP contribution is -2.31. The van der Waals surface area contributed by atoms with E-state index in [0.29, 0.717) is 11.4 Å². The van der Waals surface area contributed by atoms with E-state index in [1.54, 1.807) is 36.4 Å². The van der Waals surface area contributed by atoms with Gasteiger partial charge in [0.2, 0.25) is 10.0 Å². The summed E-state index contributed by atoms with van der Waals surface area (Å²) < 4.78 is 28.2. The van der Waals surface area contributed by atoms with Crippen molar-refractivity contribution < 1.29 is 28.2 Å². The van der Waals surface area contributed by atoms with Crippen molar-refractivity contribution in [2.45, 2.75) is 24.3 Å². The fraction of sp³-hybridized carbons (Fsp3) is 0.300. The van der Waals surface area contributed by atoms with Crippen LogP contribution < -0.4 is 4.72 Å². The zero-order chi connectivity index (χ0) is 22.9. The topological polar surface area (TPSA) is 124 Å². The van der Waals surface area contributed by atoms with Gasteiger partial charge in [-0.2, -0.15) is 0 Å². The van der Waals surface area contributed by atoms with Gasteiger partial charge in [-0.1, -0.05) is 41.4 Å². The summed E-state index contributed by atoms with van der Waals surface area (Å²) in [5.41, 5.74) is 1.92. The van der Waals surface area contributed by atoms with Crippen molar-refractivity contribution in [2.75, 3.05) is 20.6 Å². The van der Waals surface area contributed by atoms with Crippen molar-refractivity contribution in [3.8, 4) is 0 Å². The summed E-state index contributed by atoms with van der Waals surface area (Å²) in [6.45, 7) is 2.70. The lowest BCUT2D eigenvalue weighted by atomic mass is 10.0. The van der Waals surface area contributed by atoms with Crippen LogP contribution in [0.25, 0.3) is 0 Å². The number of halogens is 1. The minimum atomic E-state index is -3.58. The number of hydrogen-bond acceptors (Lipinski definition) is 5. The summed E-state index contributed by atoms with van der Waals surface area (Å²) in [4.78, 5) is 20.5. The Balaban J connectivity index is 0.000000656. The van der Waals surface area contributed by atoms with Crippen LogP contribution in [0.2, 0.25) is 5.02 Å². The van der Waals surface area contributed by atoms with E-state index in [-0.39, 0.29) is 10.9 Å². The van der Waals surface area contributed by atoms with Gasteiger partial charge in [-0.15, -0.1) is 0 Å². The van der Waals surface area contributed by atoms with Crippen LogP contribution in [0.4, 0.5) is 0 Å². The molecule has 2 rings (SSSR count). The molecule has 0 saturated carbocycles. The standard InChI is InChI=1S/C18H23ClN2O2S.C2H2O4/c1-14-4-10-17(11-5-14)24(22,23)20-18(12-13-21(2)3)15-6-8-16(19)9-7-15;3-1(4)2(5)6/h4-11,18,20H,12-13H2,1-3H3;(H,3,4)(H,5,6). The van der Waals surface area contributed by atoms with Gasteiger partial charge in [0, 0.05) is 11.1 Å². The Morgan fingerprint density at radius 1 is 1.00 bits per heavy atom. The van der Waals surface area contributed by atoms with Crippen molar-refractivity contribution in [1.29, 1.82) is 0 Å². The maximum atomic E-state index is 12.7. The number of benzene rings is 2. The third-order valence-corrected chi connectivity index (χ3v) is 5.69. The van der Waals surface area contributed by atoms with Crippen molar-refractivity contribution >= 4 is 33.6 Å². The number of rotatable bonds is 7. The molecule has 0 bridgehead atoms. The van der Waals surface area contributed by atoms with Gasteiger partial charge in [-0.25, -0.2) is 22.7 Å². The summed E-state index contributed by atoms with van der Waals surface area (Å²) in [7, 11) is 0.347. The van der Waals surface area contributed by atoms with E-state index in [0.717, 1.165) is 17.7 Å². The number of nitrogens with zero attached hydrogens (tertiary/aromatic N) is 1. The van der Waals surface area contributed by atoms with Crippen molar-refractivity contribution in [3.05, 3.63) is 64.7 Å². The minimum Gasteiger partial charge on any atom is -0.473 e. The molecule has 30 heavy (non-hydrogen) atoms. The molecule has 0 heterocycles. The molecule has 0 aromatic heterocycles. The molecule has 10 heteroatoms. The Bertz CT molecular complexity index is 932. The maximum Gasteiger partial charge on any atom is 0.414 e. The fourth-order valence-corrected chi connectivity index (χ4v) is 3.73. The first-order chi connectivity index (χ1) is 13.9. The highest BCUT2D eigenvalue weighted by Gasteiger charge is 2.21.